The summed E-state index contributed by atoms with van der Waals surface area (Å²) in [5.41, 5.74) is 4.16. The van der Waals surface area contributed by atoms with Crippen LogP contribution in [-0.4, -0.2) is 12.3 Å². The summed E-state index contributed by atoms with van der Waals surface area (Å²) in [6.45, 7) is 3.47. The molecule has 2 N–H and O–H groups in total. The molecule has 0 aliphatic rings. The van der Waals surface area contributed by atoms with Crippen LogP contribution in [0.1, 0.15) is 29.8 Å². The number of carbonyl (C=O) groups is 1. The summed E-state index contributed by atoms with van der Waals surface area (Å²) >= 11 is 0. The van der Waals surface area contributed by atoms with Crippen molar-refractivity contribution in [2.24, 2.45) is 11.1 Å². The van der Waals surface area contributed by atoms with Crippen molar-refractivity contribution < 1.29 is 18.0 Å². The van der Waals surface area contributed by atoms with Gasteiger partial charge in [0, 0.05) is 17.5 Å². The number of nitrogens with two attached hydrogens (primary N) is 1. The second-order valence-corrected chi connectivity index (χ2v) is 4.49. The molecule has 0 atom stereocenters. The summed E-state index contributed by atoms with van der Waals surface area (Å²) in [7, 11) is 0. The second kappa shape index (κ2) is 4.49. The molecule has 94 valence electrons. The molecule has 0 bridgehead atoms. The lowest BCUT2D eigenvalue weighted by atomic mass is 9.84. The van der Waals surface area contributed by atoms with Crippen molar-refractivity contribution in [2.75, 3.05) is 6.54 Å². The molecule has 0 unspecified atom stereocenters. The van der Waals surface area contributed by atoms with E-state index in [0.717, 1.165) is 12.1 Å². The van der Waals surface area contributed by atoms with Gasteiger partial charge in [-0.05, 0) is 12.1 Å². The van der Waals surface area contributed by atoms with Crippen LogP contribution in [0.5, 0.6) is 0 Å². The van der Waals surface area contributed by atoms with E-state index in [2.05, 4.69) is 0 Å². The predicted molar refractivity (Wildman–Crippen MR) is 58.6 cm³/mol. The van der Waals surface area contributed by atoms with Crippen LogP contribution in [0.4, 0.5) is 13.2 Å². The zero-order valence-corrected chi connectivity index (χ0v) is 9.64. The molecule has 0 heterocycles. The third-order valence-corrected chi connectivity index (χ3v) is 2.60. The minimum atomic E-state index is -4.38. The smallest absolute Gasteiger partial charge is 0.329 e. The maximum atomic E-state index is 12.3. The van der Waals surface area contributed by atoms with Crippen molar-refractivity contribution >= 4 is 5.78 Å². The van der Waals surface area contributed by atoms with Crippen LogP contribution in [0.2, 0.25) is 0 Å². The molecular formula is C12H14F3NO. The number of Topliss-reactive ketones (excluding diaryl/α,β-unsaturated/α-hetero) is 1. The molecule has 0 saturated carbocycles. The molecule has 0 fully saturated rings. The summed E-state index contributed by atoms with van der Waals surface area (Å²) in [6, 6.07) is 4.17. The minimum Gasteiger partial charge on any atom is -0.329 e. The normalized spacial score (nSPS) is 12.6. The van der Waals surface area contributed by atoms with Gasteiger partial charge < -0.3 is 5.73 Å². The Bertz CT molecular complexity index is 407. The van der Waals surface area contributed by atoms with E-state index in [-0.39, 0.29) is 17.9 Å². The monoisotopic (exact) mass is 245 g/mol. The molecule has 0 spiro atoms. The lowest BCUT2D eigenvalue weighted by Gasteiger charge is -2.20. The Labute approximate surface area is 97.6 Å². The van der Waals surface area contributed by atoms with Gasteiger partial charge in [-0.3, -0.25) is 4.79 Å². The van der Waals surface area contributed by atoms with Crippen LogP contribution >= 0.6 is 0 Å². The van der Waals surface area contributed by atoms with Gasteiger partial charge in [-0.2, -0.15) is 13.2 Å². The fraction of sp³-hybridized carbons (Fsp3) is 0.417. The van der Waals surface area contributed by atoms with Crippen molar-refractivity contribution in [1.29, 1.82) is 0 Å². The van der Waals surface area contributed by atoms with Gasteiger partial charge in [-0.15, -0.1) is 0 Å². The van der Waals surface area contributed by atoms with Gasteiger partial charge in [0.15, 0.2) is 5.78 Å². The van der Waals surface area contributed by atoms with Crippen LogP contribution in [0.25, 0.3) is 0 Å². The Morgan fingerprint density at radius 1 is 1.18 bits per heavy atom. The minimum absolute atomic E-state index is 0.146. The van der Waals surface area contributed by atoms with Crippen LogP contribution in [0.15, 0.2) is 24.3 Å². The number of rotatable bonds is 3. The van der Waals surface area contributed by atoms with Gasteiger partial charge in [-0.25, -0.2) is 0 Å². The van der Waals surface area contributed by atoms with Crippen molar-refractivity contribution in [2.45, 2.75) is 20.0 Å². The predicted octanol–water partition coefficient (Wildman–Crippen LogP) is 2.87. The number of halogens is 3. The molecule has 0 aromatic heterocycles. The number of hydrogen-bond acceptors (Lipinski definition) is 2. The quantitative estimate of drug-likeness (QED) is 0.832. The number of alkyl halides is 3. The number of benzene rings is 1. The highest BCUT2D eigenvalue weighted by atomic mass is 19.4. The molecule has 0 aliphatic heterocycles. The molecule has 17 heavy (non-hydrogen) atoms. The van der Waals surface area contributed by atoms with Crippen LogP contribution in [0, 0.1) is 5.41 Å². The SMILES string of the molecule is CC(C)(CN)C(=O)c1ccc(C(F)(F)F)cc1. The average Bonchev–Trinajstić information content (AvgIpc) is 2.27. The van der Waals surface area contributed by atoms with Gasteiger partial charge in [0.25, 0.3) is 0 Å². The van der Waals surface area contributed by atoms with Crippen molar-refractivity contribution in [3.05, 3.63) is 35.4 Å². The largest absolute Gasteiger partial charge is 0.416 e. The summed E-state index contributed by atoms with van der Waals surface area (Å²) in [6.07, 6.45) is -4.38. The van der Waals surface area contributed by atoms with Gasteiger partial charge in [0.05, 0.1) is 5.56 Å². The third kappa shape index (κ3) is 3.06. The Morgan fingerprint density at radius 2 is 1.65 bits per heavy atom. The molecule has 1 rings (SSSR count). The van der Waals surface area contributed by atoms with E-state index >= 15 is 0 Å². The summed E-state index contributed by atoms with van der Waals surface area (Å²) in [5, 5.41) is 0. The fourth-order valence-corrected chi connectivity index (χ4v) is 1.29. The van der Waals surface area contributed by atoms with E-state index in [1.807, 2.05) is 0 Å². The number of carbonyl (C=O) groups excluding carboxylic acids is 1. The highest BCUT2D eigenvalue weighted by Crippen LogP contribution is 2.30. The fourth-order valence-electron chi connectivity index (χ4n) is 1.29. The first kappa shape index (κ1) is 13.7. The molecule has 1 aromatic rings. The Kier molecular flexibility index (Phi) is 3.62. The lowest BCUT2D eigenvalue weighted by molar-refractivity contribution is -0.137. The van der Waals surface area contributed by atoms with Gasteiger partial charge in [0.1, 0.15) is 0 Å². The molecule has 0 radical (unpaired) electrons. The van der Waals surface area contributed by atoms with Crippen LogP contribution in [0.3, 0.4) is 0 Å². The standard InChI is InChI=1S/C12H14F3NO/c1-11(2,7-16)10(17)8-3-5-9(6-4-8)12(13,14)15/h3-6H,7,16H2,1-2H3. The molecular weight excluding hydrogens is 231 g/mol. The Balaban J connectivity index is 3.00. The highest BCUT2D eigenvalue weighted by Gasteiger charge is 2.31. The van der Waals surface area contributed by atoms with E-state index < -0.39 is 17.2 Å². The van der Waals surface area contributed by atoms with Crippen molar-refractivity contribution in [3.8, 4) is 0 Å². The Morgan fingerprint density at radius 3 is 2.00 bits per heavy atom. The molecule has 0 amide bonds. The van der Waals surface area contributed by atoms with Crippen LogP contribution < -0.4 is 5.73 Å². The van der Waals surface area contributed by atoms with E-state index in [1.54, 1.807) is 13.8 Å². The van der Waals surface area contributed by atoms with Crippen LogP contribution in [-0.2, 0) is 6.18 Å². The number of ketones is 1. The molecule has 1 aromatic carbocycles. The van der Waals surface area contributed by atoms with Gasteiger partial charge in [-0.1, -0.05) is 26.0 Å². The summed E-state index contributed by atoms with van der Waals surface area (Å²) in [5.74, 6) is -0.256. The Hall–Kier alpha value is -1.36. The highest BCUT2D eigenvalue weighted by molar-refractivity contribution is 6.00. The maximum absolute atomic E-state index is 12.3. The second-order valence-electron chi connectivity index (χ2n) is 4.49. The topological polar surface area (TPSA) is 43.1 Å². The average molecular weight is 245 g/mol. The first-order valence-electron chi connectivity index (χ1n) is 5.10. The third-order valence-electron chi connectivity index (χ3n) is 2.60. The zero-order valence-electron chi connectivity index (χ0n) is 9.64. The maximum Gasteiger partial charge on any atom is 0.416 e. The lowest BCUT2D eigenvalue weighted by Crippen LogP contribution is -2.32. The van der Waals surface area contributed by atoms with E-state index in [4.69, 9.17) is 5.73 Å². The molecule has 0 aliphatic carbocycles. The van der Waals surface area contributed by atoms with E-state index in [9.17, 15) is 18.0 Å². The first-order valence-corrected chi connectivity index (χ1v) is 5.10. The molecule has 5 heteroatoms. The molecule has 2 nitrogen and oxygen atoms in total. The number of hydrogen-bond donors (Lipinski definition) is 1. The molecule has 0 saturated heterocycles. The summed E-state index contributed by atoms with van der Waals surface area (Å²) in [4.78, 5) is 11.9. The first-order chi connectivity index (χ1) is 7.68. The van der Waals surface area contributed by atoms with Crippen molar-refractivity contribution in [1.82, 2.24) is 0 Å². The summed E-state index contributed by atoms with van der Waals surface area (Å²) < 4.78 is 36.9. The van der Waals surface area contributed by atoms with Crippen molar-refractivity contribution in [3.63, 3.8) is 0 Å². The van der Waals surface area contributed by atoms with E-state index in [0.29, 0.717) is 0 Å². The van der Waals surface area contributed by atoms with Gasteiger partial charge in [0.2, 0.25) is 0 Å². The zero-order chi connectivity index (χ0) is 13.3. The van der Waals surface area contributed by atoms with E-state index in [1.165, 1.54) is 12.1 Å². The van der Waals surface area contributed by atoms with Gasteiger partial charge >= 0.3 is 6.18 Å².